The lowest BCUT2D eigenvalue weighted by molar-refractivity contribution is -0.138. The number of halogens is 4. The second-order valence-corrected chi connectivity index (χ2v) is 5.27. The van der Waals surface area contributed by atoms with Gasteiger partial charge in [-0.1, -0.05) is 19.9 Å². The first kappa shape index (κ1) is 25.1. The molecule has 2 aromatic rings. The summed E-state index contributed by atoms with van der Waals surface area (Å²) < 4.78 is 50.9. The molecule has 0 aliphatic carbocycles. The van der Waals surface area contributed by atoms with Crippen molar-refractivity contribution >= 4 is 11.9 Å². The summed E-state index contributed by atoms with van der Waals surface area (Å²) >= 11 is 0. The summed E-state index contributed by atoms with van der Waals surface area (Å²) in [5, 5.41) is 16.6. The summed E-state index contributed by atoms with van der Waals surface area (Å²) in [7, 11) is 0. The monoisotopic (exact) mass is 402 g/mol. The molecule has 154 valence electrons. The Morgan fingerprint density at radius 2 is 1.21 bits per heavy atom. The highest BCUT2D eigenvalue weighted by molar-refractivity contribution is 5.67. The van der Waals surface area contributed by atoms with Crippen LogP contribution in [0.1, 0.15) is 37.8 Å². The Labute approximate surface area is 160 Å². The van der Waals surface area contributed by atoms with Gasteiger partial charge in [-0.25, -0.2) is 17.6 Å². The van der Waals surface area contributed by atoms with Crippen LogP contribution in [0.4, 0.5) is 17.6 Å². The summed E-state index contributed by atoms with van der Waals surface area (Å²) in [5.74, 6) is -4.80. The van der Waals surface area contributed by atoms with Gasteiger partial charge < -0.3 is 10.2 Å². The first-order valence-electron chi connectivity index (χ1n) is 8.50. The Bertz CT molecular complexity index is 738. The Hall–Kier alpha value is -2.90. The largest absolute Gasteiger partial charge is 0.481 e. The zero-order valence-electron chi connectivity index (χ0n) is 15.5. The molecule has 2 rings (SSSR count). The van der Waals surface area contributed by atoms with Crippen LogP contribution in [0.25, 0.3) is 0 Å². The molecule has 0 unspecified atom stereocenters. The van der Waals surface area contributed by atoms with Gasteiger partial charge in [-0.15, -0.1) is 0 Å². The van der Waals surface area contributed by atoms with Crippen LogP contribution in [0.5, 0.6) is 0 Å². The minimum absolute atomic E-state index is 0.117. The minimum atomic E-state index is -1.07. The molecule has 2 N–H and O–H groups in total. The van der Waals surface area contributed by atoms with Crippen molar-refractivity contribution in [3.8, 4) is 0 Å². The van der Waals surface area contributed by atoms with Crippen LogP contribution in [-0.2, 0) is 22.4 Å². The van der Waals surface area contributed by atoms with E-state index in [2.05, 4.69) is 0 Å². The number of rotatable bonds is 6. The lowest BCUT2D eigenvalue weighted by Gasteiger charge is -2.01. The molecule has 0 fully saturated rings. The third kappa shape index (κ3) is 10.3. The average molecular weight is 402 g/mol. The van der Waals surface area contributed by atoms with Crippen molar-refractivity contribution in [3.63, 3.8) is 0 Å². The smallest absolute Gasteiger partial charge is 0.303 e. The first-order valence-corrected chi connectivity index (χ1v) is 8.50. The fraction of sp³-hybridized carbons (Fsp3) is 0.300. The maximum Gasteiger partial charge on any atom is 0.303 e. The van der Waals surface area contributed by atoms with Crippen molar-refractivity contribution in [2.75, 3.05) is 0 Å². The summed E-state index contributed by atoms with van der Waals surface area (Å²) in [4.78, 5) is 20.3. The van der Waals surface area contributed by atoms with Crippen LogP contribution in [0.2, 0.25) is 0 Å². The molecular formula is C20H22F4O4. The zero-order chi connectivity index (χ0) is 21.7. The summed E-state index contributed by atoms with van der Waals surface area (Å²) in [5.41, 5.74) is 0.199. The van der Waals surface area contributed by atoms with E-state index in [9.17, 15) is 27.2 Å². The van der Waals surface area contributed by atoms with E-state index >= 15 is 0 Å². The van der Waals surface area contributed by atoms with E-state index in [0.717, 1.165) is 30.3 Å². The van der Waals surface area contributed by atoms with Gasteiger partial charge in [-0.3, -0.25) is 9.59 Å². The summed E-state index contributed by atoms with van der Waals surface area (Å²) in [6, 6.07) is 6.48. The molecule has 0 amide bonds. The van der Waals surface area contributed by atoms with E-state index in [1.165, 1.54) is 6.07 Å². The van der Waals surface area contributed by atoms with Gasteiger partial charge in [-0.2, -0.15) is 0 Å². The molecule has 28 heavy (non-hydrogen) atoms. The van der Waals surface area contributed by atoms with Gasteiger partial charge in [0.2, 0.25) is 0 Å². The molecular weight excluding hydrogens is 380 g/mol. The maximum atomic E-state index is 12.9. The first-order chi connectivity index (χ1) is 13.2. The van der Waals surface area contributed by atoms with E-state index in [4.69, 9.17) is 10.2 Å². The van der Waals surface area contributed by atoms with Gasteiger partial charge in [0.05, 0.1) is 0 Å². The molecule has 0 saturated carbocycles. The predicted molar refractivity (Wildman–Crippen MR) is 96.0 cm³/mol. The molecule has 0 radical (unpaired) electrons. The number of hydrogen-bond acceptors (Lipinski definition) is 2. The lowest BCUT2D eigenvalue weighted by atomic mass is 10.1. The molecule has 0 aliphatic rings. The standard InChI is InChI=1S/2C9H8F2O2.C2H6/c10-7-3-6(1-2-9(12)13)4-8(11)5-7;10-7-2-1-3-8(11)6(7)4-5-9(12)13;1-2/h3-5H,1-2H2,(H,12,13);1-3H,4-5H2,(H,12,13);1-2H3. The molecule has 0 bridgehead atoms. The molecule has 0 aliphatic heterocycles. The van der Waals surface area contributed by atoms with Crippen molar-refractivity contribution in [2.45, 2.75) is 39.5 Å². The lowest BCUT2D eigenvalue weighted by Crippen LogP contribution is -2.01. The Kier molecular flexibility index (Phi) is 11.9. The van der Waals surface area contributed by atoms with Gasteiger partial charge in [-0.05, 0) is 42.7 Å². The second kappa shape index (κ2) is 13.3. The number of carboxylic acids is 2. The fourth-order valence-electron chi connectivity index (χ4n) is 2.01. The topological polar surface area (TPSA) is 74.6 Å². The van der Waals surface area contributed by atoms with Crippen molar-refractivity contribution in [3.05, 3.63) is 70.8 Å². The van der Waals surface area contributed by atoms with E-state index in [-0.39, 0.29) is 31.2 Å². The van der Waals surface area contributed by atoms with Crippen LogP contribution in [0.15, 0.2) is 36.4 Å². The van der Waals surface area contributed by atoms with E-state index in [0.29, 0.717) is 5.56 Å². The van der Waals surface area contributed by atoms with E-state index in [1.54, 1.807) is 0 Å². The normalized spacial score (nSPS) is 9.50. The third-order valence-corrected chi connectivity index (χ3v) is 3.20. The van der Waals surface area contributed by atoms with Crippen molar-refractivity contribution in [1.82, 2.24) is 0 Å². The SMILES string of the molecule is CC.O=C(O)CCc1c(F)cccc1F.O=C(O)CCc1cc(F)cc(F)c1. The zero-order valence-corrected chi connectivity index (χ0v) is 15.5. The van der Waals surface area contributed by atoms with Gasteiger partial charge in [0, 0.05) is 24.5 Å². The van der Waals surface area contributed by atoms with Gasteiger partial charge >= 0.3 is 11.9 Å². The van der Waals surface area contributed by atoms with Crippen molar-refractivity contribution < 1.29 is 37.4 Å². The Balaban J connectivity index is 0.000000478. The Morgan fingerprint density at radius 1 is 0.786 bits per heavy atom. The van der Waals surface area contributed by atoms with Crippen molar-refractivity contribution in [2.24, 2.45) is 0 Å². The predicted octanol–water partition coefficient (Wildman–Crippen LogP) is 4.99. The number of carboxylic acid groups (broad SMARTS) is 2. The van der Waals surface area contributed by atoms with Gasteiger partial charge in [0.25, 0.3) is 0 Å². The van der Waals surface area contributed by atoms with E-state index in [1.807, 2.05) is 13.8 Å². The van der Waals surface area contributed by atoms with Gasteiger partial charge in [0.15, 0.2) is 0 Å². The minimum Gasteiger partial charge on any atom is -0.481 e. The fourth-order valence-corrected chi connectivity index (χ4v) is 2.01. The number of aliphatic carboxylic acids is 2. The average Bonchev–Trinajstić information content (AvgIpc) is 2.61. The number of carbonyl (C=O) groups is 2. The summed E-state index contributed by atoms with van der Waals surface area (Å²) in [6.45, 7) is 4.00. The molecule has 2 aromatic carbocycles. The van der Waals surface area contributed by atoms with Crippen LogP contribution in [-0.4, -0.2) is 22.2 Å². The molecule has 0 atom stereocenters. The van der Waals surface area contributed by atoms with Crippen LogP contribution in [0.3, 0.4) is 0 Å². The quantitative estimate of drug-likeness (QED) is 0.668. The third-order valence-electron chi connectivity index (χ3n) is 3.20. The number of benzene rings is 2. The number of aryl methyl sites for hydroxylation is 1. The molecule has 0 saturated heterocycles. The van der Waals surface area contributed by atoms with Gasteiger partial charge in [0.1, 0.15) is 23.3 Å². The molecule has 0 heterocycles. The highest BCUT2D eigenvalue weighted by atomic mass is 19.1. The molecule has 8 heteroatoms. The summed E-state index contributed by atoms with van der Waals surface area (Å²) in [6.07, 6.45) is -0.363. The second-order valence-electron chi connectivity index (χ2n) is 5.27. The molecule has 0 spiro atoms. The van der Waals surface area contributed by atoms with Crippen LogP contribution in [0, 0.1) is 23.3 Å². The number of hydrogen-bond donors (Lipinski definition) is 2. The van der Waals surface area contributed by atoms with Crippen LogP contribution >= 0.6 is 0 Å². The Morgan fingerprint density at radius 3 is 1.64 bits per heavy atom. The highest BCUT2D eigenvalue weighted by Crippen LogP contribution is 2.13. The van der Waals surface area contributed by atoms with Crippen LogP contribution < -0.4 is 0 Å². The van der Waals surface area contributed by atoms with Crippen molar-refractivity contribution in [1.29, 1.82) is 0 Å². The highest BCUT2D eigenvalue weighted by Gasteiger charge is 2.09. The molecule has 4 nitrogen and oxygen atoms in total. The molecule has 0 aromatic heterocycles. The maximum absolute atomic E-state index is 12.9. The van der Waals surface area contributed by atoms with E-state index < -0.39 is 35.2 Å².